The Balaban J connectivity index is 1.40. The molecule has 6 rings (SSSR count). The van der Waals surface area contributed by atoms with Crippen molar-refractivity contribution in [1.29, 1.82) is 0 Å². The molecule has 4 heterocycles. The average molecular weight is 463 g/mol. The number of thioether (sulfide) groups is 1. The smallest absolute Gasteiger partial charge is 0.305 e. The Morgan fingerprint density at radius 1 is 1.20 bits per heavy atom. The quantitative estimate of drug-likeness (QED) is 0.676. The molecule has 2 aliphatic heterocycles. The Morgan fingerprint density at radius 2 is 1.97 bits per heavy atom. The molecule has 156 valence electrons. The van der Waals surface area contributed by atoms with Crippen LogP contribution in [0.4, 0.5) is 0 Å². The summed E-state index contributed by atoms with van der Waals surface area (Å²) in [7, 11) is 0. The van der Waals surface area contributed by atoms with Crippen LogP contribution in [0.5, 0.6) is 0 Å². The number of carboxylic acid groups (broad SMARTS) is 1. The number of H-pyrrole nitrogens is 1. The first-order valence-electron chi connectivity index (χ1n) is 9.95. The van der Waals surface area contributed by atoms with Gasteiger partial charge in [0.1, 0.15) is 0 Å². The van der Waals surface area contributed by atoms with E-state index < -0.39 is 5.97 Å². The summed E-state index contributed by atoms with van der Waals surface area (Å²) in [5.41, 5.74) is 0. The summed E-state index contributed by atoms with van der Waals surface area (Å²) in [6.45, 7) is -0.0447. The van der Waals surface area contributed by atoms with E-state index in [2.05, 4.69) is 11.1 Å². The Kier molecular flexibility index (Phi) is 4.11. The van der Waals surface area contributed by atoms with Crippen molar-refractivity contribution < 1.29 is 19.5 Å². The zero-order chi connectivity index (χ0) is 20.7. The van der Waals surface area contributed by atoms with Crippen molar-refractivity contribution in [3.63, 3.8) is 0 Å². The molecule has 2 aliphatic carbocycles. The summed E-state index contributed by atoms with van der Waals surface area (Å²) in [4.78, 5) is 55.7. The normalized spacial score (nSPS) is 36.1. The number of thiazole rings is 1. The third kappa shape index (κ3) is 2.44. The molecule has 2 aromatic heterocycles. The summed E-state index contributed by atoms with van der Waals surface area (Å²) in [6, 6.07) is 4.11. The number of carbonyl (C=O) groups excluding carboxylic acids is 2. The summed E-state index contributed by atoms with van der Waals surface area (Å²) in [6.07, 6.45) is 0.632. The standard InChI is InChI=1S/C20H18N2O5S3/c23-10(24)3-4-22-18(25)12-7-6-8(13(12)19(22)26)15-11(7)14(9-2-1-5-28-9)16-17(29-15)21-20(27)30-16/h1-2,5,7-8,11-15H,3-4,6H2,(H,21,27)(H,23,24)/t7-,8-,11-,12+,13-,14+,15-/m1/s1. The van der Waals surface area contributed by atoms with E-state index in [9.17, 15) is 19.2 Å². The summed E-state index contributed by atoms with van der Waals surface area (Å²) in [5, 5.41) is 12.1. The van der Waals surface area contributed by atoms with Crippen molar-refractivity contribution in [2.75, 3.05) is 6.54 Å². The van der Waals surface area contributed by atoms with E-state index in [-0.39, 0.29) is 70.4 Å². The zero-order valence-electron chi connectivity index (χ0n) is 15.6. The van der Waals surface area contributed by atoms with E-state index in [0.29, 0.717) is 0 Å². The van der Waals surface area contributed by atoms with Crippen LogP contribution in [0.2, 0.25) is 0 Å². The Morgan fingerprint density at radius 3 is 2.67 bits per heavy atom. The van der Waals surface area contributed by atoms with Crippen LogP contribution in [0, 0.1) is 29.6 Å². The maximum atomic E-state index is 13.2. The third-order valence-corrected chi connectivity index (χ3v) is 10.8. The van der Waals surface area contributed by atoms with Crippen LogP contribution in [0.15, 0.2) is 27.3 Å². The van der Waals surface area contributed by atoms with Crippen LogP contribution < -0.4 is 4.87 Å². The third-order valence-electron chi connectivity index (χ3n) is 7.21. The monoisotopic (exact) mass is 462 g/mol. The fourth-order valence-electron chi connectivity index (χ4n) is 6.29. The molecular weight excluding hydrogens is 444 g/mol. The molecule has 2 saturated carbocycles. The van der Waals surface area contributed by atoms with E-state index in [4.69, 9.17) is 5.11 Å². The number of carboxylic acids is 1. The van der Waals surface area contributed by atoms with Crippen molar-refractivity contribution in [3.05, 3.63) is 36.9 Å². The number of thiophene rings is 1. The van der Waals surface area contributed by atoms with Gasteiger partial charge in [0, 0.05) is 27.5 Å². The second-order valence-corrected chi connectivity index (χ2v) is 11.6. The number of rotatable bonds is 4. The summed E-state index contributed by atoms with van der Waals surface area (Å²) in [5.74, 6) is -1.65. The minimum atomic E-state index is -1.01. The number of carbonyl (C=O) groups is 3. The van der Waals surface area contributed by atoms with E-state index in [0.717, 1.165) is 16.3 Å². The number of imide groups is 1. The SMILES string of the molecule is O=C(O)CCN1C(=O)[C@@H]2[C@H]3C[C@@H]([C@@H]2C1=O)[C@@H]1[C@H](c2cccs2)c2sc(=O)[nH]c2S[C@H]31. The number of fused-ring (bicyclic) bond motifs is 9. The number of hydrogen-bond donors (Lipinski definition) is 2. The second-order valence-electron chi connectivity index (χ2n) is 8.45. The molecule has 2 N–H and O–H groups in total. The lowest BCUT2D eigenvalue weighted by Crippen LogP contribution is -2.42. The minimum Gasteiger partial charge on any atom is -0.481 e. The summed E-state index contributed by atoms with van der Waals surface area (Å²) >= 11 is 4.60. The summed E-state index contributed by atoms with van der Waals surface area (Å²) < 4.78 is 0. The number of nitrogens with zero attached hydrogens (tertiary/aromatic N) is 1. The van der Waals surface area contributed by atoms with Gasteiger partial charge in [-0.2, -0.15) is 0 Å². The molecule has 2 bridgehead atoms. The molecule has 0 unspecified atom stereocenters. The van der Waals surface area contributed by atoms with Crippen LogP contribution in [0.25, 0.3) is 0 Å². The highest BCUT2D eigenvalue weighted by Crippen LogP contribution is 2.68. The fraction of sp³-hybridized carbons (Fsp3) is 0.500. The van der Waals surface area contributed by atoms with Crippen molar-refractivity contribution in [3.8, 4) is 0 Å². The molecule has 2 amide bonds. The van der Waals surface area contributed by atoms with Gasteiger partial charge in [0.25, 0.3) is 0 Å². The topological polar surface area (TPSA) is 108 Å². The Labute approximate surface area is 183 Å². The molecule has 30 heavy (non-hydrogen) atoms. The van der Waals surface area contributed by atoms with E-state index >= 15 is 0 Å². The van der Waals surface area contributed by atoms with Crippen molar-refractivity contribution in [2.45, 2.75) is 29.0 Å². The van der Waals surface area contributed by atoms with Gasteiger partial charge in [0.15, 0.2) is 0 Å². The molecule has 7 atom stereocenters. The molecule has 0 radical (unpaired) electrons. The van der Waals surface area contributed by atoms with Gasteiger partial charge < -0.3 is 10.1 Å². The van der Waals surface area contributed by atoms with Crippen LogP contribution in [0.1, 0.15) is 28.5 Å². The highest BCUT2D eigenvalue weighted by Gasteiger charge is 2.69. The largest absolute Gasteiger partial charge is 0.481 e. The lowest BCUT2D eigenvalue weighted by Gasteiger charge is -2.42. The molecule has 7 nitrogen and oxygen atoms in total. The maximum absolute atomic E-state index is 13.2. The maximum Gasteiger partial charge on any atom is 0.305 e. The van der Waals surface area contributed by atoms with E-state index in [1.807, 2.05) is 11.4 Å². The predicted molar refractivity (Wildman–Crippen MR) is 112 cm³/mol. The lowest BCUT2D eigenvalue weighted by atomic mass is 9.69. The minimum absolute atomic E-state index is 0.0447. The Bertz CT molecular complexity index is 1120. The zero-order valence-corrected chi connectivity index (χ0v) is 18.1. The predicted octanol–water partition coefficient (Wildman–Crippen LogP) is 2.45. The molecular formula is C20H18N2O5S3. The molecule has 1 saturated heterocycles. The number of aromatic nitrogens is 1. The van der Waals surface area contributed by atoms with Crippen LogP contribution >= 0.6 is 34.4 Å². The number of aliphatic carboxylic acids is 1. The van der Waals surface area contributed by atoms with Gasteiger partial charge in [0.05, 0.1) is 23.3 Å². The average Bonchev–Trinajstić information content (AvgIpc) is 3.48. The van der Waals surface area contributed by atoms with E-state index in [1.54, 1.807) is 23.1 Å². The second kappa shape index (κ2) is 6.54. The first-order chi connectivity index (χ1) is 14.5. The number of hydrogen-bond acceptors (Lipinski definition) is 7. The molecule has 2 aromatic rings. The first kappa shape index (κ1) is 18.8. The highest BCUT2D eigenvalue weighted by molar-refractivity contribution is 8.00. The molecule has 10 heteroatoms. The van der Waals surface area contributed by atoms with Crippen molar-refractivity contribution >= 4 is 52.2 Å². The van der Waals surface area contributed by atoms with Gasteiger partial charge in [-0.15, -0.1) is 23.1 Å². The Hall–Kier alpha value is -1.91. The van der Waals surface area contributed by atoms with Gasteiger partial charge in [0.2, 0.25) is 11.8 Å². The number of nitrogens with one attached hydrogen (secondary N) is 1. The molecule has 3 fully saturated rings. The van der Waals surface area contributed by atoms with Gasteiger partial charge in [-0.1, -0.05) is 17.4 Å². The lowest BCUT2D eigenvalue weighted by molar-refractivity contribution is -0.142. The fourth-order valence-corrected chi connectivity index (χ4v) is 10.1. The van der Waals surface area contributed by atoms with Crippen LogP contribution in [-0.4, -0.2) is 44.6 Å². The van der Waals surface area contributed by atoms with Crippen LogP contribution in [-0.2, 0) is 14.4 Å². The number of amides is 2. The molecule has 4 aliphatic rings. The van der Waals surface area contributed by atoms with Gasteiger partial charge in [-0.25, -0.2) is 0 Å². The number of likely N-dealkylation sites (tertiary alicyclic amines) is 1. The first-order valence-corrected chi connectivity index (χ1v) is 12.5. The van der Waals surface area contributed by atoms with Crippen LogP contribution in [0.3, 0.4) is 0 Å². The van der Waals surface area contributed by atoms with Gasteiger partial charge in [-0.3, -0.25) is 24.1 Å². The van der Waals surface area contributed by atoms with Gasteiger partial charge >= 0.3 is 10.8 Å². The highest BCUT2D eigenvalue weighted by atomic mass is 32.2. The van der Waals surface area contributed by atoms with E-state index in [1.165, 1.54) is 21.1 Å². The molecule has 0 aromatic carbocycles. The number of aromatic amines is 1. The van der Waals surface area contributed by atoms with Crippen molar-refractivity contribution in [2.24, 2.45) is 29.6 Å². The molecule has 0 spiro atoms. The van der Waals surface area contributed by atoms with Gasteiger partial charge in [-0.05, 0) is 35.6 Å². The van der Waals surface area contributed by atoms with Crippen molar-refractivity contribution in [1.82, 2.24) is 9.88 Å².